The van der Waals surface area contributed by atoms with Crippen molar-refractivity contribution in [2.75, 3.05) is 6.61 Å². The highest BCUT2D eigenvalue weighted by Crippen LogP contribution is 2.17. The number of carboxylic acids is 1. The highest BCUT2D eigenvalue weighted by molar-refractivity contribution is 7.12. The van der Waals surface area contributed by atoms with Gasteiger partial charge in [-0.25, -0.2) is 4.79 Å². The molecule has 0 radical (unpaired) electrons. The van der Waals surface area contributed by atoms with Crippen molar-refractivity contribution < 1.29 is 14.6 Å². The fourth-order valence-electron chi connectivity index (χ4n) is 1.62. The first kappa shape index (κ1) is 13.5. The summed E-state index contributed by atoms with van der Waals surface area (Å²) in [6, 6.07) is 11.7. The third-order valence-corrected chi connectivity index (χ3v) is 3.47. The fourth-order valence-corrected chi connectivity index (χ4v) is 2.37. The van der Waals surface area contributed by atoms with Crippen LogP contribution in [0.2, 0.25) is 0 Å². The Bertz CT molecular complexity index is 558. The first-order valence-electron chi connectivity index (χ1n) is 5.86. The lowest BCUT2D eigenvalue weighted by molar-refractivity contribution is 0.0696. The first-order chi connectivity index (χ1) is 9.27. The Morgan fingerprint density at radius 3 is 2.79 bits per heavy atom. The lowest BCUT2D eigenvalue weighted by Crippen LogP contribution is -2.00. The lowest BCUT2D eigenvalue weighted by atomic mass is 10.2. The maximum absolute atomic E-state index is 10.9. The topological polar surface area (TPSA) is 46.5 Å². The van der Waals surface area contributed by atoms with Crippen LogP contribution >= 0.6 is 11.3 Å². The number of aromatic carboxylic acids is 1. The van der Waals surface area contributed by atoms with Crippen LogP contribution in [0.4, 0.5) is 0 Å². The van der Waals surface area contributed by atoms with Crippen molar-refractivity contribution >= 4 is 23.4 Å². The summed E-state index contributed by atoms with van der Waals surface area (Å²) in [5.41, 5.74) is 1.85. The summed E-state index contributed by atoms with van der Waals surface area (Å²) in [5, 5.41) is 10.7. The minimum atomic E-state index is -0.895. The number of carboxylic acid groups (broad SMARTS) is 1. The van der Waals surface area contributed by atoms with Crippen LogP contribution in [-0.4, -0.2) is 17.7 Å². The molecule has 0 amide bonds. The first-order valence-corrected chi connectivity index (χ1v) is 6.74. The molecule has 0 atom stereocenters. The number of hydrogen-bond acceptors (Lipinski definition) is 3. The average molecular weight is 274 g/mol. The molecule has 98 valence electrons. The van der Waals surface area contributed by atoms with Crippen molar-refractivity contribution in [1.29, 1.82) is 0 Å². The highest BCUT2D eigenvalue weighted by Gasteiger charge is 2.10. The molecule has 0 aliphatic rings. The molecular weight excluding hydrogens is 260 g/mol. The van der Waals surface area contributed by atoms with E-state index >= 15 is 0 Å². The van der Waals surface area contributed by atoms with Crippen LogP contribution in [0.3, 0.4) is 0 Å². The molecule has 19 heavy (non-hydrogen) atoms. The van der Waals surface area contributed by atoms with Crippen LogP contribution in [-0.2, 0) is 11.3 Å². The quantitative estimate of drug-likeness (QED) is 0.817. The number of benzene rings is 1. The van der Waals surface area contributed by atoms with Gasteiger partial charge >= 0.3 is 5.97 Å². The van der Waals surface area contributed by atoms with Crippen LogP contribution in [0.1, 0.15) is 20.8 Å². The van der Waals surface area contributed by atoms with Crippen molar-refractivity contribution in [3.05, 3.63) is 63.9 Å². The minimum absolute atomic E-state index is 0.324. The van der Waals surface area contributed by atoms with Crippen LogP contribution in [0.5, 0.6) is 0 Å². The lowest BCUT2D eigenvalue weighted by Gasteiger charge is -2.00. The molecule has 4 heteroatoms. The predicted octanol–water partition coefficient (Wildman–Crippen LogP) is 3.68. The summed E-state index contributed by atoms with van der Waals surface area (Å²) in [4.78, 5) is 11.3. The Kier molecular flexibility index (Phi) is 4.89. The predicted molar refractivity (Wildman–Crippen MR) is 76.4 cm³/mol. The maximum Gasteiger partial charge on any atom is 0.346 e. The molecule has 0 aliphatic heterocycles. The fraction of sp³-hybridized carbons (Fsp3) is 0.133. The summed E-state index contributed by atoms with van der Waals surface area (Å²) < 4.78 is 5.45. The van der Waals surface area contributed by atoms with Gasteiger partial charge in [-0.2, -0.15) is 0 Å². The number of thiophene rings is 1. The third kappa shape index (κ3) is 4.05. The molecule has 1 aromatic heterocycles. The van der Waals surface area contributed by atoms with E-state index in [1.807, 2.05) is 42.5 Å². The van der Waals surface area contributed by atoms with Crippen molar-refractivity contribution in [1.82, 2.24) is 0 Å². The summed E-state index contributed by atoms with van der Waals surface area (Å²) in [6.45, 7) is 0.786. The zero-order valence-corrected chi connectivity index (χ0v) is 11.1. The van der Waals surface area contributed by atoms with E-state index in [1.54, 1.807) is 11.4 Å². The summed E-state index contributed by atoms with van der Waals surface area (Å²) in [7, 11) is 0. The van der Waals surface area contributed by atoms with Gasteiger partial charge < -0.3 is 9.84 Å². The molecule has 0 unspecified atom stereocenters. The third-order valence-electron chi connectivity index (χ3n) is 2.52. The van der Waals surface area contributed by atoms with Gasteiger partial charge in [0.2, 0.25) is 0 Å². The van der Waals surface area contributed by atoms with Gasteiger partial charge in [0.05, 0.1) is 13.2 Å². The van der Waals surface area contributed by atoms with E-state index in [0.29, 0.717) is 18.1 Å². The molecule has 1 heterocycles. The zero-order valence-electron chi connectivity index (χ0n) is 10.3. The Hall–Kier alpha value is -1.91. The SMILES string of the molecule is O=C(O)c1sccc1COCC=Cc1ccccc1. The van der Waals surface area contributed by atoms with E-state index in [-0.39, 0.29) is 0 Å². The largest absolute Gasteiger partial charge is 0.477 e. The van der Waals surface area contributed by atoms with E-state index < -0.39 is 5.97 Å². The molecule has 2 aromatic rings. The van der Waals surface area contributed by atoms with Gasteiger partial charge in [-0.15, -0.1) is 11.3 Å². The van der Waals surface area contributed by atoms with Crippen LogP contribution in [0, 0.1) is 0 Å². The molecule has 3 nitrogen and oxygen atoms in total. The molecule has 0 aliphatic carbocycles. The van der Waals surface area contributed by atoms with E-state index in [0.717, 1.165) is 11.1 Å². The van der Waals surface area contributed by atoms with E-state index in [2.05, 4.69) is 0 Å². The van der Waals surface area contributed by atoms with Crippen LogP contribution < -0.4 is 0 Å². The van der Waals surface area contributed by atoms with Gasteiger partial charge in [0.1, 0.15) is 4.88 Å². The van der Waals surface area contributed by atoms with Gasteiger partial charge in [0.25, 0.3) is 0 Å². The van der Waals surface area contributed by atoms with Crippen molar-refractivity contribution in [3.8, 4) is 0 Å². The number of hydrogen-bond donors (Lipinski definition) is 1. The van der Waals surface area contributed by atoms with Gasteiger partial charge in [-0.3, -0.25) is 0 Å². The molecular formula is C15H14O3S. The van der Waals surface area contributed by atoms with Gasteiger partial charge in [0.15, 0.2) is 0 Å². The average Bonchev–Trinajstić information content (AvgIpc) is 2.88. The number of ether oxygens (including phenoxy) is 1. The van der Waals surface area contributed by atoms with E-state index in [4.69, 9.17) is 9.84 Å². The zero-order chi connectivity index (χ0) is 13.5. The van der Waals surface area contributed by atoms with Gasteiger partial charge in [-0.05, 0) is 17.0 Å². The standard InChI is InChI=1S/C15H14O3S/c16-15(17)14-13(8-10-19-14)11-18-9-4-7-12-5-2-1-3-6-12/h1-8,10H,9,11H2,(H,16,17). The second-order valence-electron chi connectivity index (χ2n) is 3.91. The Morgan fingerprint density at radius 2 is 2.05 bits per heavy atom. The molecule has 2 rings (SSSR count). The monoisotopic (exact) mass is 274 g/mol. The van der Waals surface area contributed by atoms with Gasteiger partial charge in [-0.1, -0.05) is 42.5 Å². The number of rotatable bonds is 6. The van der Waals surface area contributed by atoms with Crippen LogP contribution in [0.15, 0.2) is 47.9 Å². The second kappa shape index (κ2) is 6.87. The Morgan fingerprint density at radius 1 is 1.26 bits per heavy atom. The smallest absolute Gasteiger partial charge is 0.346 e. The van der Waals surface area contributed by atoms with E-state index in [1.165, 1.54) is 11.3 Å². The molecule has 0 fully saturated rings. The normalized spacial score (nSPS) is 10.9. The van der Waals surface area contributed by atoms with Crippen LogP contribution in [0.25, 0.3) is 6.08 Å². The summed E-state index contributed by atoms with van der Waals surface area (Å²) in [6.07, 6.45) is 3.90. The van der Waals surface area contributed by atoms with Crippen molar-refractivity contribution in [2.24, 2.45) is 0 Å². The second-order valence-corrected chi connectivity index (χ2v) is 4.82. The minimum Gasteiger partial charge on any atom is -0.477 e. The van der Waals surface area contributed by atoms with Crippen molar-refractivity contribution in [3.63, 3.8) is 0 Å². The Labute approximate surface area is 115 Å². The molecule has 1 aromatic carbocycles. The summed E-state index contributed by atoms with van der Waals surface area (Å²) in [5.74, 6) is -0.895. The van der Waals surface area contributed by atoms with Gasteiger partial charge in [0, 0.05) is 5.56 Å². The number of carbonyl (C=O) groups is 1. The highest BCUT2D eigenvalue weighted by atomic mass is 32.1. The maximum atomic E-state index is 10.9. The molecule has 1 N–H and O–H groups in total. The Balaban J connectivity index is 1.79. The van der Waals surface area contributed by atoms with E-state index in [9.17, 15) is 4.79 Å². The molecule has 0 spiro atoms. The summed E-state index contributed by atoms with van der Waals surface area (Å²) >= 11 is 1.22. The van der Waals surface area contributed by atoms with Crippen molar-refractivity contribution in [2.45, 2.75) is 6.61 Å². The molecule has 0 saturated carbocycles. The molecule has 0 bridgehead atoms. The molecule has 0 saturated heterocycles.